The van der Waals surface area contributed by atoms with E-state index in [-0.39, 0.29) is 22.1 Å². The summed E-state index contributed by atoms with van der Waals surface area (Å²) in [6.45, 7) is 1.39. The molecule has 1 aromatic rings. The summed E-state index contributed by atoms with van der Waals surface area (Å²) in [7, 11) is 0. The van der Waals surface area contributed by atoms with Gasteiger partial charge in [-0.3, -0.25) is 0 Å². The topological polar surface area (TPSA) is 87.7 Å². The Balaban J connectivity index is 3.14. The molecule has 0 aliphatic heterocycles. The molecule has 1 aromatic heterocycles. The first-order chi connectivity index (χ1) is 7.90. The molecule has 0 aliphatic rings. The van der Waals surface area contributed by atoms with E-state index in [9.17, 15) is 9.59 Å². The van der Waals surface area contributed by atoms with Crippen LogP contribution in [0.15, 0.2) is 33.8 Å². The van der Waals surface area contributed by atoms with E-state index < -0.39 is 11.9 Å². The van der Waals surface area contributed by atoms with Crippen molar-refractivity contribution in [2.75, 3.05) is 0 Å². The van der Waals surface area contributed by atoms with Crippen LogP contribution in [-0.2, 0) is 9.59 Å². The molecule has 1 heterocycles. The van der Waals surface area contributed by atoms with Crippen LogP contribution < -0.4 is 0 Å². The first kappa shape index (κ1) is 13.1. The number of halogens is 1. The van der Waals surface area contributed by atoms with Gasteiger partial charge in [-0.2, -0.15) is 0 Å². The average Bonchev–Trinajstić information content (AvgIpc) is 2.58. The maximum atomic E-state index is 11.0. The third kappa shape index (κ3) is 3.81. The Morgan fingerprint density at radius 1 is 1.35 bits per heavy atom. The Morgan fingerprint density at radius 3 is 2.41 bits per heavy atom. The van der Waals surface area contributed by atoms with Crippen molar-refractivity contribution in [1.29, 1.82) is 0 Å². The molecular weight excluding hydrogens is 248 g/mol. The Morgan fingerprint density at radius 2 is 2.00 bits per heavy atom. The summed E-state index contributed by atoms with van der Waals surface area (Å²) >= 11 is 5.54. The van der Waals surface area contributed by atoms with E-state index in [1.807, 2.05) is 0 Å². The van der Waals surface area contributed by atoms with Gasteiger partial charge in [-0.1, -0.05) is 0 Å². The second kappa shape index (κ2) is 5.36. The predicted molar refractivity (Wildman–Crippen MR) is 60.7 cm³/mol. The molecule has 0 bridgehead atoms. The zero-order valence-electron chi connectivity index (χ0n) is 8.81. The number of aliphatic carboxylic acids is 2. The van der Waals surface area contributed by atoms with Gasteiger partial charge in [-0.25, -0.2) is 9.59 Å². The molecule has 0 saturated heterocycles. The first-order valence-electron chi connectivity index (χ1n) is 4.52. The SMILES string of the molecule is CC(=C/C(=O)O)/C(=C/c1ccc(Cl)o1)C(=O)O. The predicted octanol–water partition coefficient (Wildman–Crippen LogP) is 2.43. The largest absolute Gasteiger partial charge is 0.478 e. The van der Waals surface area contributed by atoms with E-state index in [0.29, 0.717) is 0 Å². The fourth-order valence-electron chi connectivity index (χ4n) is 1.16. The summed E-state index contributed by atoms with van der Waals surface area (Å²) in [5.41, 5.74) is -0.0593. The zero-order valence-corrected chi connectivity index (χ0v) is 9.56. The van der Waals surface area contributed by atoms with Gasteiger partial charge < -0.3 is 14.6 Å². The quantitative estimate of drug-likeness (QED) is 0.638. The number of furan rings is 1. The molecule has 0 fully saturated rings. The van der Waals surface area contributed by atoms with Crippen molar-refractivity contribution in [1.82, 2.24) is 0 Å². The molecule has 0 atom stereocenters. The molecule has 0 aromatic carbocycles. The molecule has 0 spiro atoms. The van der Waals surface area contributed by atoms with Gasteiger partial charge in [-0.15, -0.1) is 0 Å². The smallest absolute Gasteiger partial charge is 0.336 e. The fourth-order valence-corrected chi connectivity index (χ4v) is 1.31. The highest BCUT2D eigenvalue weighted by Gasteiger charge is 2.12. The lowest BCUT2D eigenvalue weighted by Gasteiger charge is -2.00. The summed E-state index contributed by atoms with van der Waals surface area (Å²) in [5.74, 6) is -2.22. The summed E-state index contributed by atoms with van der Waals surface area (Å²) in [5, 5.41) is 17.6. The van der Waals surface area contributed by atoms with Crippen LogP contribution in [0.4, 0.5) is 0 Å². The average molecular weight is 257 g/mol. The van der Waals surface area contributed by atoms with Gasteiger partial charge in [0.25, 0.3) is 0 Å². The van der Waals surface area contributed by atoms with Gasteiger partial charge in [0.05, 0.1) is 5.57 Å². The van der Waals surface area contributed by atoms with Gasteiger partial charge >= 0.3 is 11.9 Å². The minimum Gasteiger partial charge on any atom is -0.478 e. The van der Waals surface area contributed by atoms with E-state index in [4.69, 9.17) is 26.2 Å². The van der Waals surface area contributed by atoms with Crippen LogP contribution in [0.3, 0.4) is 0 Å². The fraction of sp³-hybridized carbons (Fsp3) is 0.0909. The van der Waals surface area contributed by atoms with Gasteiger partial charge in [-0.05, 0) is 42.3 Å². The molecule has 6 heteroatoms. The molecule has 0 aliphatic carbocycles. The Hall–Kier alpha value is -2.01. The number of carboxylic acids is 2. The van der Waals surface area contributed by atoms with Crippen molar-refractivity contribution in [3.63, 3.8) is 0 Å². The van der Waals surface area contributed by atoms with Gasteiger partial charge in [0.2, 0.25) is 0 Å². The molecule has 0 amide bonds. The lowest BCUT2D eigenvalue weighted by Crippen LogP contribution is -2.03. The van der Waals surface area contributed by atoms with E-state index in [2.05, 4.69) is 0 Å². The van der Waals surface area contributed by atoms with Crippen molar-refractivity contribution < 1.29 is 24.2 Å². The van der Waals surface area contributed by atoms with Crippen molar-refractivity contribution in [2.24, 2.45) is 0 Å². The molecule has 2 N–H and O–H groups in total. The number of rotatable bonds is 4. The minimum atomic E-state index is -1.24. The number of carboxylic acid groups (broad SMARTS) is 2. The molecule has 0 saturated carbocycles. The lowest BCUT2D eigenvalue weighted by molar-refractivity contribution is -0.132. The van der Waals surface area contributed by atoms with Crippen LogP contribution in [0.2, 0.25) is 5.22 Å². The van der Waals surface area contributed by atoms with Crippen molar-refractivity contribution >= 4 is 29.6 Å². The molecule has 5 nitrogen and oxygen atoms in total. The van der Waals surface area contributed by atoms with Crippen molar-refractivity contribution in [2.45, 2.75) is 6.92 Å². The Bertz CT molecular complexity index is 510. The van der Waals surface area contributed by atoms with E-state index in [1.54, 1.807) is 0 Å². The van der Waals surface area contributed by atoms with Crippen LogP contribution in [-0.4, -0.2) is 22.2 Å². The molecule has 17 heavy (non-hydrogen) atoms. The third-order valence-electron chi connectivity index (χ3n) is 1.88. The molecule has 0 radical (unpaired) electrons. The number of carbonyl (C=O) groups is 2. The number of hydrogen-bond donors (Lipinski definition) is 2. The standard InChI is InChI=1S/C11H9ClO5/c1-6(4-10(13)14)8(11(15)16)5-7-2-3-9(12)17-7/h2-5H,1H3,(H,13,14)(H,15,16)/b6-4-,8-5-. The lowest BCUT2D eigenvalue weighted by atomic mass is 10.1. The first-order valence-corrected chi connectivity index (χ1v) is 4.90. The third-order valence-corrected chi connectivity index (χ3v) is 2.08. The Kier molecular flexibility index (Phi) is 4.12. The van der Waals surface area contributed by atoms with Gasteiger partial charge in [0.15, 0.2) is 5.22 Å². The maximum absolute atomic E-state index is 11.0. The van der Waals surface area contributed by atoms with Gasteiger partial charge in [0, 0.05) is 6.08 Å². The molecule has 1 rings (SSSR count). The highest BCUT2D eigenvalue weighted by atomic mass is 35.5. The monoisotopic (exact) mass is 256 g/mol. The molecule has 90 valence electrons. The van der Waals surface area contributed by atoms with E-state index in [1.165, 1.54) is 25.1 Å². The summed E-state index contributed by atoms with van der Waals surface area (Å²) in [4.78, 5) is 21.4. The second-order valence-corrected chi connectivity index (χ2v) is 3.54. The van der Waals surface area contributed by atoms with E-state index >= 15 is 0 Å². The van der Waals surface area contributed by atoms with Crippen molar-refractivity contribution in [3.05, 3.63) is 40.3 Å². The number of hydrogen-bond acceptors (Lipinski definition) is 3. The highest BCUT2D eigenvalue weighted by molar-refractivity contribution is 6.28. The molecular formula is C11H9ClO5. The van der Waals surface area contributed by atoms with Crippen LogP contribution in [0.1, 0.15) is 12.7 Å². The van der Waals surface area contributed by atoms with Gasteiger partial charge in [0.1, 0.15) is 5.76 Å². The minimum absolute atomic E-state index is 0.109. The van der Waals surface area contributed by atoms with Crippen molar-refractivity contribution in [3.8, 4) is 0 Å². The van der Waals surface area contributed by atoms with Crippen LogP contribution in [0.5, 0.6) is 0 Å². The normalized spacial score (nSPS) is 12.6. The second-order valence-electron chi connectivity index (χ2n) is 3.17. The van der Waals surface area contributed by atoms with Crippen LogP contribution in [0.25, 0.3) is 6.08 Å². The Labute approximate surface area is 102 Å². The molecule has 0 unspecified atom stereocenters. The summed E-state index contributed by atoms with van der Waals surface area (Å²) in [6.07, 6.45) is 2.02. The summed E-state index contributed by atoms with van der Waals surface area (Å²) < 4.78 is 4.97. The summed E-state index contributed by atoms with van der Waals surface area (Å²) in [6, 6.07) is 2.95. The van der Waals surface area contributed by atoms with Crippen LogP contribution >= 0.6 is 11.6 Å². The van der Waals surface area contributed by atoms with Crippen LogP contribution in [0, 0.1) is 0 Å². The van der Waals surface area contributed by atoms with E-state index in [0.717, 1.165) is 6.08 Å². The maximum Gasteiger partial charge on any atom is 0.336 e. The zero-order chi connectivity index (χ0) is 13.0. The highest BCUT2D eigenvalue weighted by Crippen LogP contribution is 2.19.